The Labute approximate surface area is 175 Å². The number of morpholine rings is 1. The van der Waals surface area contributed by atoms with Crippen LogP contribution in [0.4, 0.5) is 0 Å². The zero-order chi connectivity index (χ0) is 20.5. The summed E-state index contributed by atoms with van der Waals surface area (Å²) >= 11 is 0. The lowest BCUT2D eigenvalue weighted by Gasteiger charge is -2.34. The highest BCUT2D eigenvalue weighted by molar-refractivity contribution is 5.33. The van der Waals surface area contributed by atoms with Crippen molar-refractivity contribution in [3.8, 4) is 5.75 Å². The van der Waals surface area contributed by atoms with Crippen molar-refractivity contribution in [1.29, 1.82) is 0 Å². The summed E-state index contributed by atoms with van der Waals surface area (Å²) in [4.78, 5) is 2.48. The Morgan fingerprint density at radius 1 is 1.14 bits per heavy atom. The number of nitrogens with zero attached hydrogens (tertiary/aromatic N) is 1. The molecule has 3 unspecified atom stereocenters. The number of para-hydroxylation sites is 1. The number of benzene rings is 2. The van der Waals surface area contributed by atoms with Crippen LogP contribution in [0.2, 0.25) is 0 Å². The third-order valence-corrected chi connectivity index (χ3v) is 5.54. The second kappa shape index (κ2) is 11.3. The lowest BCUT2D eigenvalue weighted by Crippen LogP contribution is -2.42. The molecule has 0 saturated carbocycles. The smallest absolute Gasteiger partial charge is 0.122 e. The van der Waals surface area contributed by atoms with Crippen LogP contribution >= 0.6 is 0 Å². The average Bonchev–Trinajstić information content (AvgIpc) is 2.70. The predicted molar refractivity (Wildman–Crippen MR) is 117 cm³/mol. The summed E-state index contributed by atoms with van der Waals surface area (Å²) in [7, 11) is 0. The Hall–Kier alpha value is -1.88. The molecule has 1 saturated heterocycles. The molecule has 3 atom stereocenters. The first-order valence-corrected chi connectivity index (χ1v) is 10.9. The summed E-state index contributed by atoms with van der Waals surface area (Å²) in [6, 6.07) is 18.6. The maximum atomic E-state index is 10.6. The molecule has 4 heteroatoms. The minimum Gasteiger partial charge on any atom is -0.494 e. The number of hydrogen-bond donors (Lipinski definition) is 1. The van der Waals surface area contributed by atoms with Gasteiger partial charge in [0.15, 0.2) is 0 Å². The molecule has 0 bridgehead atoms. The van der Waals surface area contributed by atoms with E-state index in [-0.39, 0.29) is 12.2 Å². The van der Waals surface area contributed by atoms with Crippen molar-refractivity contribution in [2.45, 2.75) is 51.9 Å². The van der Waals surface area contributed by atoms with Gasteiger partial charge in [0.1, 0.15) is 5.75 Å². The van der Waals surface area contributed by atoms with Gasteiger partial charge in [0.2, 0.25) is 0 Å². The van der Waals surface area contributed by atoms with Crippen LogP contribution in [0.25, 0.3) is 0 Å². The summed E-state index contributed by atoms with van der Waals surface area (Å²) in [5.74, 6) is 1.29. The maximum absolute atomic E-state index is 10.6. The predicted octanol–water partition coefficient (Wildman–Crippen LogP) is 4.31. The van der Waals surface area contributed by atoms with E-state index in [1.165, 1.54) is 5.56 Å². The highest BCUT2D eigenvalue weighted by atomic mass is 16.5. The Morgan fingerprint density at radius 3 is 2.69 bits per heavy atom. The second-order valence-corrected chi connectivity index (χ2v) is 8.19. The van der Waals surface area contributed by atoms with Crippen LogP contribution in [0.1, 0.15) is 37.8 Å². The van der Waals surface area contributed by atoms with Crippen molar-refractivity contribution in [1.82, 2.24) is 4.90 Å². The quantitative estimate of drug-likeness (QED) is 0.649. The fourth-order valence-electron chi connectivity index (χ4n) is 4.22. The highest BCUT2D eigenvalue weighted by Crippen LogP contribution is 2.24. The van der Waals surface area contributed by atoms with E-state index in [0.29, 0.717) is 18.9 Å². The first-order chi connectivity index (χ1) is 14.1. The van der Waals surface area contributed by atoms with Crippen LogP contribution in [0.15, 0.2) is 54.6 Å². The van der Waals surface area contributed by atoms with Crippen molar-refractivity contribution in [2.24, 2.45) is 5.92 Å². The van der Waals surface area contributed by atoms with Crippen molar-refractivity contribution in [3.63, 3.8) is 0 Å². The van der Waals surface area contributed by atoms with Gasteiger partial charge < -0.3 is 14.6 Å². The Kier molecular flexibility index (Phi) is 8.53. The van der Waals surface area contributed by atoms with E-state index in [1.807, 2.05) is 31.2 Å². The van der Waals surface area contributed by atoms with E-state index in [0.717, 1.165) is 50.4 Å². The van der Waals surface area contributed by atoms with Gasteiger partial charge in [-0.15, -0.1) is 0 Å². The molecule has 2 aromatic carbocycles. The van der Waals surface area contributed by atoms with Crippen LogP contribution in [0.5, 0.6) is 5.75 Å². The minimum absolute atomic E-state index is 0.241. The topological polar surface area (TPSA) is 41.9 Å². The molecule has 1 fully saturated rings. The van der Waals surface area contributed by atoms with E-state index in [2.05, 4.69) is 42.2 Å². The number of rotatable bonds is 10. The molecule has 1 N–H and O–H groups in total. The molecular weight excluding hydrogens is 362 g/mol. The molecule has 3 rings (SSSR count). The van der Waals surface area contributed by atoms with Gasteiger partial charge >= 0.3 is 0 Å². The third-order valence-electron chi connectivity index (χ3n) is 5.54. The minimum atomic E-state index is -0.365. The first-order valence-electron chi connectivity index (χ1n) is 10.9. The Morgan fingerprint density at radius 2 is 1.90 bits per heavy atom. The third kappa shape index (κ3) is 7.14. The molecule has 158 valence electrons. The normalized spacial score (nSPS) is 19.6. The lowest BCUT2D eigenvalue weighted by molar-refractivity contribution is -0.0433. The van der Waals surface area contributed by atoms with Crippen LogP contribution in [-0.4, -0.2) is 48.5 Å². The molecule has 29 heavy (non-hydrogen) atoms. The van der Waals surface area contributed by atoms with Gasteiger partial charge in [0.05, 0.1) is 25.4 Å². The van der Waals surface area contributed by atoms with Gasteiger partial charge in [-0.2, -0.15) is 0 Å². The fourth-order valence-corrected chi connectivity index (χ4v) is 4.22. The van der Waals surface area contributed by atoms with E-state index >= 15 is 0 Å². The molecule has 1 heterocycles. The monoisotopic (exact) mass is 397 g/mol. The number of ether oxygens (including phenoxy) is 2. The number of aliphatic hydroxyl groups is 1. The molecule has 4 nitrogen and oxygen atoms in total. The number of hydrogen-bond acceptors (Lipinski definition) is 4. The molecule has 0 aromatic heterocycles. The van der Waals surface area contributed by atoms with Crippen molar-refractivity contribution < 1.29 is 14.6 Å². The molecule has 0 aliphatic carbocycles. The van der Waals surface area contributed by atoms with E-state index in [4.69, 9.17) is 9.47 Å². The largest absolute Gasteiger partial charge is 0.494 e. The summed E-state index contributed by atoms with van der Waals surface area (Å²) in [6.45, 7) is 8.55. The van der Waals surface area contributed by atoms with Crippen LogP contribution in [0, 0.1) is 5.92 Å². The maximum Gasteiger partial charge on any atom is 0.122 e. The molecule has 1 aliphatic heterocycles. The first kappa shape index (κ1) is 21.8. The molecular formula is C25H35NO3. The Balaban J connectivity index is 1.45. The molecule has 1 aliphatic rings. The standard InChI is InChI=1S/C25H35NO3/c1-3-28-25-12-8-7-11-22(25)17-23(27)15-20(2)16-24-19-26(13-14-29-24)18-21-9-5-4-6-10-21/h4-12,20,23-24,27H,3,13-19H2,1-2H3. The van der Waals surface area contributed by atoms with Gasteiger partial charge in [-0.25, -0.2) is 0 Å². The van der Waals surface area contributed by atoms with Crippen LogP contribution < -0.4 is 4.74 Å². The van der Waals surface area contributed by atoms with Gasteiger partial charge in [0, 0.05) is 26.1 Å². The summed E-state index contributed by atoms with van der Waals surface area (Å²) in [5, 5.41) is 10.6. The average molecular weight is 398 g/mol. The summed E-state index contributed by atoms with van der Waals surface area (Å²) in [5.41, 5.74) is 2.43. The molecule has 0 radical (unpaired) electrons. The van der Waals surface area contributed by atoms with E-state index < -0.39 is 0 Å². The van der Waals surface area contributed by atoms with E-state index in [1.54, 1.807) is 0 Å². The summed E-state index contributed by atoms with van der Waals surface area (Å²) in [6.07, 6.45) is 2.27. The lowest BCUT2D eigenvalue weighted by atomic mass is 9.93. The van der Waals surface area contributed by atoms with Gasteiger partial charge in [0.25, 0.3) is 0 Å². The fraction of sp³-hybridized carbons (Fsp3) is 0.520. The van der Waals surface area contributed by atoms with Gasteiger partial charge in [-0.1, -0.05) is 55.5 Å². The van der Waals surface area contributed by atoms with Crippen molar-refractivity contribution >= 4 is 0 Å². The molecule has 0 spiro atoms. The van der Waals surface area contributed by atoms with Crippen LogP contribution in [0.3, 0.4) is 0 Å². The zero-order valence-electron chi connectivity index (χ0n) is 17.8. The van der Waals surface area contributed by atoms with Gasteiger partial charge in [-0.05, 0) is 42.9 Å². The zero-order valence-corrected chi connectivity index (χ0v) is 17.8. The number of aliphatic hydroxyl groups excluding tert-OH is 1. The van der Waals surface area contributed by atoms with E-state index in [9.17, 15) is 5.11 Å². The SMILES string of the molecule is CCOc1ccccc1CC(O)CC(C)CC1CN(Cc2ccccc2)CCO1. The van der Waals surface area contributed by atoms with Crippen LogP contribution in [-0.2, 0) is 17.7 Å². The second-order valence-electron chi connectivity index (χ2n) is 8.19. The van der Waals surface area contributed by atoms with Crippen molar-refractivity contribution in [3.05, 3.63) is 65.7 Å². The Bertz CT molecular complexity index is 721. The van der Waals surface area contributed by atoms with Crippen molar-refractivity contribution in [2.75, 3.05) is 26.3 Å². The molecule has 0 amide bonds. The highest BCUT2D eigenvalue weighted by Gasteiger charge is 2.23. The molecule has 2 aromatic rings. The summed E-state index contributed by atoms with van der Waals surface area (Å²) < 4.78 is 11.7. The van der Waals surface area contributed by atoms with Gasteiger partial charge in [-0.3, -0.25) is 4.90 Å².